The van der Waals surface area contributed by atoms with Gasteiger partial charge in [0.25, 0.3) is 0 Å². The quantitative estimate of drug-likeness (QED) is 0.844. The highest BCUT2D eigenvalue weighted by Crippen LogP contribution is 2.25. The zero-order valence-corrected chi connectivity index (χ0v) is 9.62. The van der Waals surface area contributed by atoms with Crippen molar-refractivity contribution in [1.29, 1.82) is 0 Å². The second-order valence-electron chi connectivity index (χ2n) is 3.26. The molecule has 0 fully saturated rings. The fraction of sp³-hybridized carbons (Fsp3) is 0.222. The first kappa shape index (κ1) is 9.33. The molecule has 0 aliphatic carbocycles. The van der Waals surface area contributed by atoms with Crippen molar-refractivity contribution in [2.75, 3.05) is 24.7 Å². The standard InChI is InChI=1S/C9H11BrN4/c1-13(2)7-5-3-4-6-8(10)12-9(11)14(6)7/h3-5H,1-2H3,(H2,11,12). The summed E-state index contributed by atoms with van der Waals surface area (Å²) in [5, 5.41) is 0. The van der Waals surface area contributed by atoms with Gasteiger partial charge in [0.15, 0.2) is 0 Å². The molecule has 0 unspecified atom stereocenters. The first-order valence-corrected chi connectivity index (χ1v) is 5.00. The SMILES string of the molecule is CN(C)c1cccc2c(Br)nc(N)n12. The average molecular weight is 255 g/mol. The topological polar surface area (TPSA) is 46.6 Å². The number of pyridine rings is 1. The van der Waals surface area contributed by atoms with Crippen molar-refractivity contribution in [1.82, 2.24) is 9.38 Å². The molecule has 0 saturated carbocycles. The number of rotatable bonds is 1. The molecule has 0 saturated heterocycles. The maximum Gasteiger partial charge on any atom is 0.207 e. The van der Waals surface area contributed by atoms with Crippen LogP contribution in [-0.4, -0.2) is 23.5 Å². The van der Waals surface area contributed by atoms with Crippen LogP contribution in [0.5, 0.6) is 0 Å². The van der Waals surface area contributed by atoms with Crippen molar-refractivity contribution in [2.45, 2.75) is 0 Å². The van der Waals surface area contributed by atoms with Crippen molar-refractivity contribution in [3.63, 3.8) is 0 Å². The van der Waals surface area contributed by atoms with Crippen LogP contribution < -0.4 is 10.6 Å². The third-order valence-electron chi connectivity index (χ3n) is 2.08. The van der Waals surface area contributed by atoms with Crippen LogP contribution in [-0.2, 0) is 0 Å². The van der Waals surface area contributed by atoms with Crippen molar-refractivity contribution in [2.24, 2.45) is 0 Å². The molecular formula is C9H11BrN4. The Labute approximate surface area is 90.5 Å². The molecule has 5 heteroatoms. The number of halogens is 1. The van der Waals surface area contributed by atoms with Crippen LogP contribution in [0.15, 0.2) is 22.8 Å². The lowest BCUT2D eigenvalue weighted by Gasteiger charge is -2.14. The first-order valence-electron chi connectivity index (χ1n) is 4.21. The Balaban J connectivity index is 2.85. The zero-order chi connectivity index (χ0) is 10.3. The number of nitrogens with two attached hydrogens (primary N) is 1. The van der Waals surface area contributed by atoms with Crippen LogP contribution in [0, 0.1) is 0 Å². The molecule has 2 rings (SSSR count). The summed E-state index contributed by atoms with van der Waals surface area (Å²) in [6, 6.07) is 5.95. The molecule has 0 radical (unpaired) electrons. The molecule has 0 atom stereocenters. The van der Waals surface area contributed by atoms with Crippen molar-refractivity contribution >= 4 is 33.2 Å². The molecule has 0 aromatic carbocycles. The molecule has 0 aliphatic heterocycles. The largest absolute Gasteiger partial charge is 0.369 e. The minimum Gasteiger partial charge on any atom is -0.369 e. The van der Waals surface area contributed by atoms with Gasteiger partial charge in [0, 0.05) is 14.1 Å². The van der Waals surface area contributed by atoms with Crippen molar-refractivity contribution in [3.8, 4) is 0 Å². The highest BCUT2D eigenvalue weighted by atomic mass is 79.9. The fourth-order valence-corrected chi connectivity index (χ4v) is 1.95. The van der Waals surface area contributed by atoms with Gasteiger partial charge in [-0.1, -0.05) is 6.07 Å². The Bertz CT molecular complexity index is 475. The molecule has 2 heterocycles. The van der Waals surface area contributed by atoms with Gasteiger partial charge >= 0.3 is 0 Å². The third kappa shape index (κ3) is 1.24. The third-order valence-corrected chi connectivity index (χ3v) is 2.66. The summed E-state index contributed by atoms with van der Waals surface area (Å²) >= 11 is 3.37. The number of imidazole rings is 1. The molecule has 0 bridgehead atoms. The second-order valence-corrected chi connectivity index (χ2v) is 4.01. The van der Waals surface area contributed by atoms with Crippen LogP contribution in [0.1, 0.15) is 0 Å². The van der Waals surface area contributed by atoms with E-state index in [4.69, 9.17) is 5.73 Å². The summed E-state index contributed by atoms with van der Waals surface area (Å²) in [6.45, 7) is 0. The lowest BCUT2D eigenvalue weighted by atomic mass is 10.4. The lowest BCUT2D eigenvalue weighted by molar-refractivity contribution is 1.03. The highest BCUT2D eigenvalue weighted by Gasteiger charge is 2.10. The minimum absolute atomic E-state index is 0.496. The van der Waals surface area contributed by atoms with Gasteiger partial charge in [0.2, 0.25) is 5.95 Å². The van der Waals surface area contributed by atoms with E-state index in [1.54, 1.807) is 0 Å². The second kappa shape index (κ2) is 3.16. The fourth-order valence-electron chi connectivity index (χ4n) is 1.46. The number of nitrogen functional groups attached to an aromatic ring is 1. The minimum atomic E-state index is 0.496. The van der Waals surface area contributed by atoms with Crippen LogP contribution in [0.4, 0.5) is 11.8 Å². The Kier molecular flexibility index (Phi) is 2.11. The summed E-state index contributed by atoms with van der Waals surface area (Å²) in [4.78, 5) is 6.16. The van der Waals surface area contributed by atoms with E-state index in [0.717, 1.165) is 15.9 Å². The van der Waals surface area contributed by atoms with E-state index < -0.39 is 0 Å². The first-order chi connectivity index (χ1) is 6.61. The van der Waals surface area contributed by atoms with E-state index in [2.05, 4.69) is 20.9 Å². The van der Waals surface area contributed by atoms with Crippen molar-refractivity contribution < 1.29 is 0 Å². The van der Waals surface area contributed by atoms with Gasteiger partial charge in [-0.15, -0.1) is 0 Å². The summed E-state index contributed by atoms with van der Waals surface area (Å²) < 4.78 is 2.68. The Morgan fingerprint density at radius 3 is 2.79 bits per heavy atom. The number of aromatic nitrogens is 2. The van der Waals surface area contributed by atoms with Crippen LogP contribution in [0.3, 0.4) is 0 Å². The Hall–Kier alpha value is -1.23. The maximum atomic E-state index is 5.81. The smallest absolute Gasteiger partial charge is 0.207 e. The highest BCUT2D eigenvalue weighted by molar-refractivity contribution is 9.10. The molecule has 4 nitrogen and oxygen atoms in total. The zero-order valence-electron chi connectivity index (χ0n) is 8.03. The number of anilines is 2. The molecule has 2 aromatic heterocycles. The lowest BCUT2D eigenvalue weighted by Crippen LogP contribution is -2.13. The van der Waals surface area contributed by atoms with E-state index in [-0.39, 0.29) is 0 Å². The van der Waals surface area contributed by atoms with E-state index >= 15 is 0 Å². The van der Waals surface area contributed by atoms with E-state index in [1.807, 2.05) is 41.6 Å². The number of nitrogens with zero attached hydrogens (tertiary/aromatic N) is 3. The predicted molar refractivity (Wildman–Crippen MR) is 61.6 cm³/mol. The summed E-state index contributed by atoms with van der Waals surface area (Å²) in [7, 11) is 3.95. The van der Waals surface area contributed by atoms with E-state index in [1.165, 1.54) is 0 Å². The van der Waals surface area contributed by atoms with Gasteiger partial charge in [-0.25, -0.2) is 4.98 Å². The van der Waals surface area contributed by atoms with Gasteiger partial charge in [-0.2, -0.15) is 0 Å². The average Bonchev–Trinajstić information content (AvgIpc) is 2.43. The van der Waals surface area contributed by atoms with Crippen molar-refractivity contribution in [3.05, 3.63) is 22.8 Å². The number of hydrogen-bond acceptors (Lipinski definition) is 3. The molecule has 74 valence electrons. The van der Waals surface area contributed by atoms with Crippen LogP contribution in [0.2, 0.25) is 0 Å². The van der Waals surface area contributed by atoms with Gasteiger partial charge in [-0.05, 0) is 28.1 Å². The molecule has 2 aromatic rings. The maximum absolute atomic E-state index is 5.81. The molecule has 0 spiro atoms. The monoisotopic (exact) mass is 254 g/mol. The van der Waals surface area contributed by atoms with E-state index in [0.29, 0.717) is 5.95 Å². The molecule has 2 N–H and O–H groups in total. The predicted octanol–water partition coefficient (Wildman–Crippen LogP) is 1.74. The van der Waals surface area contributed by atoms with Gasteiger partial charge in [-0.3, -0.25) is 4.40 Å². The van der Waals surface area contributed by atoms with Crippen LogP contribution >= 0.6 is 15.9 Å². The molecule has 0 aliphatic rings. The summed E-state index contributed by atoms with van der Waals surface area (Å²) in [5.41, 5.74) is 6.79. The van der Waals surface area contributed by atoms with Gasteiger partial charge in [0.05, 0.1) is 5.52 Å². The Morgan fingerprint density at radius 1 is 1.43 bits per heavy atom. The normalized spacial score (nSPS) is 10.8. The van der Waals surface area contributed by atoms with Gasteiger partial charge < -0.3 is 10.6 Å². The molecular weight excluding hydrogens is 244 g/mol. The molecule has 0 amide bonds. The van der Waals surface area contributed by atoms with E-state index in [9.17, 15) is 0 Å². The summed E-state index contributed by atoms with van der Waals surface area (Å²) in [5.74, 6) is 1.51. The summed E-state index contributed by atoms with van der Waals surface area (Å²) in [6.07, 6.45) is 0. The molecule has 14 heavy (non-hydrogen) atoms. The number of fused-ring (bicyclic) bond motifs is 1. The number of hydrogen-bond donors (Lipinski definition) is 1. The van der Waals surface area contributed by atoms with Crippen LogP contribution in [0.25, 0.3) is 5.52 Å². The Morgan fingerprint density at radius 2 is 2.14 bits per heavy atom. The van der Waals surface area contributed by atoms with Gasteiger partial charge in [0.1, 0.15) is 10.4 Å².